The molecular formula is C17H22N2. The number of nitrogens with one attached hydrogen (secondary N) is 1. The Balaban J connectivity index is 1.94. The van der Waals surface area contributed by atoms with E-state index in [-0.39, 0.29) is 0 Å². The third kappa shape index (κ3) is 2.50. The van der Waals surface area contributed by atoms with Crippen molar-refractivity contribution in [3.05, 3.63) is 42.2 Å². The Kier molecular flexibility index (Phi) is 3.79. The fourth-order valence-corrected chi connectivity index (χ4v) is 3.46. The zero-order valence-electron chi connectivity index (χ0n) is 11.6. The van der Waals surface area contributed by atoms with Gasteiger partial charge in [0.1, 0.15) is 0 Å². The number of benzene rings is 1. The van der Waals surface area contributed by atoms with E-state index in [0.29, 0.717) is 5.92 Å². The van der Waals surface area contributed by atoms with Gasteiger partial charge in [0.15, 0.2) is 0 Å². The first-order valence-electron chi connectivity index (χ1n) is 7.43. The van der Waals surface area contributed by atoms with Crippen LogP contribution in [0.3, 0.4) is 0 Å². The first-order valence-corrected chi connectivity index (χ1v) is 7.43. The molecule has 1 saturated carbocycles. The highest BCUT2D eigenvalue weighted by Gasteiger charge is 2.29. The molecule has 1 aromatic heterocycles. The van der Waals surface area contributed by atoms with Crippen molar-refractivity contribution in [3.8, 4) is 0 Å². The lowest BCUT2D eigenvalue weighted by molar-refractivity contribution is 0.451. The molecule has 2 aromatic rings. The van der Waals surface area contributed by atoms with Gasteiger partial charge >= 0.3 is 0 Å². The number of hydrogen-bond acceptors (Lipinski definition) is 2. The van der Waals surface area contributed by atoms with Gasteiger partial charge in [-0.2, -0.15) is 0 Å². The number of pyridine rings is 1. The molecule has 1 aliphatic rings. The first kappa shape index (κ1) is 12.6. The van der Waals surface area contributed by atoms with E-state index < -0.39 is 0 Å². The normalized spacial score (nSPS) is 23.0. The maximum atomic E-state index is 4.45. The van der Waals surface area contributed by atoms with Gasteiger partial charge in [0, 0.05) is 17.8 Å². The number of hydrogen-bond donors (Lipinski definition) is 1. The molecular weight excluding hydrogens is 232 g/mol. The summed E-state index contributed by atoms with van der Waals surface area (Å²) in [6.07, 6.45) is 8.08. The van der Waals surface area contributed by atoms with Crippen LogP contribution in [0, 0.1) is 5.92 Å². The highest BCUT2D eigenvalue weighted by atomic mass is 14.8. The molecule has 1 heterocycles. The second-order valence-electron chi connectivity index (χ2n) is 5.56. The van der Waals surface area contributed by atoms with Crippen LogP contribution in [-0.4, -0.2) is 18.1 Å². The average molecular weight is 254 g/mol. The number of fused-ring (bicyclic) bond motifs is 1. The Morgan fingerprint density at radius 3 is 3.00 bits per heavy atom. The molecule has 2 unspecified atom stereocenters. The molecule has 1 aliphatic carbocycles. The van der Waals surface area contributed by atoms with Crippen molar-refractivity contribution in [2.75, 3.05) is 13.1 Å². The highest BCUT2D eigenvalue weighted by Crippen LogP contribution is 2.41. The zero-order chi connectivity index (χ0) is 13.1. The molecule has 0 saturated heterocycles. The van der Waals surface area contributed by atoms with Gasteiger partial charge in [0.2, 0.25) is 0 Å². The van der Waals surface area contributed by atoms with Gasteiger partial charge in [-0.25, -0.2) is 0 Å². The third-order valence-corrected chi connectivity index (χ3v) is 4.41. The van der Waals surface area contributed by atoms with Gasteiger partial charge < -0.3 is 5.32 Å². The van der Waals surface area contributed by atoms with E-state index >= 15 is 0 Å². The lowest BCUT2D eigenvalue weighted by Crippen LogP contribution is -2.24. The van der Waals surface area contributed by atoms with Crippen LogP contribution in [0.25, 0.3) is 10.8 Å². The summed E-state index contributed by atoms with van der Waals surface area (Å²) in [5, 5.41) is 6.18. The second kappa shape index (κ2) is 5.70. The van der Waals surface area contributed by atoms with E-state index in [1.807, 2.05) is 6.20 Å². The van der Waals surface area contributed by atoms with Crippen LogP contribution in [0.4, 0.5) is 0 Å². The summed E-state index contributed by atoms with van der Waals surface area (Å²) in [6, 6.07) is 8.65. The summed E-state index contributed by atoms with van der Waals surface area (Å²) in [7, 11) is 0. The van der Waals surface area contributed by atoms with Crippen LogP contribution in [0.1, 0.15) is 37.7 Å². The molecule has 2 atom stereocenters. The summed E-state index contributed by atoms with van der Waals surface area (Å²) in [5.41, 5.74) is 1.46. The fraction of sp³-hybridized carbons (Fsp3) is 0.471. The SMILES string of the molecule is CCNCC1CCCC1c1cncc2ccccc12. The minimum absolute atomic E-state index is 0.678. The first-order chi connectivity index (χ1) is 9.40. The maximum absolute atomic E-state index is 4.45. The van der Waals surface area contributed by atoms with Gasteiger partial charge in [-0.3, -0.25) is 4.98 Å². The van der Waals surface area contributed by atoms with Gasteiger partial charge in [-0.05, 0) is 48.7 Å². The summed E-state index contributed by atoms with van der Waals surface area (Å²) in [5.74, 6) is 1.45. The van der Waals surface area contributed by atoms with Gasteiger partial charge in [0.05, 0.1) is 0 Å². The highest BCUT2D eigenvalue weighted by molar-refractivity contribution is 5.85. The molecule has 1 fully saturated rings. The predicted molar refractivity (Wildman–Crippen MR) is 80.4 cm³/mol. The molecule has 100 valence electrons. The van der Waals surface area contributed by atoms with E-state index in [0.717, 1.165) is 19.0 Å². The quantitative estimate of drug-likeness (QED) is 0.899. The molecule has 0 amide bonds. The molecule has 0 radical (unpaired) electrons. The fourth-order valence-electron chi connectivity index (χ4n) is 3.46. The Bertz CT molecular complexity index is 544. The lowest BCUT2D eigenvalue weighted by Gasteiger charge is -2.21. The smallest absolute Gasteiger partial charge is 0.0346 e. The van der Waals surface area contributed by atoms with Gasteiger partial charge in [0.25, 0.3) is 0 Å². The Labute approximate surface area is 115 Å². The van der Waals surface area contributed by atoms with Gasteiger partial charge in [-0.1, -0.05) is 37.6 Å². The lowest BCUT2D eigenvalue weighted by atomic mass is 9.87. The molecule has 0 spiro atoms. The number of aromatic nitrogens is 1. The second-order valence-corrected chi connectivity index (χ2v) is 5.56. The van der Waals surface area contributed by atoms with Crippen molar-refractivity contribution in [1.29, 1.82) is 0 Å². The monoisotopic (exact) mass is 254 g/mol. The molecule has 1 aromatic carbocycles. The van der Waals surface area contributed by atoms with E-state index in [2.05, 4.69) is 47.7 Å². The molecule has 0 bridgehead atoms. The van der Waals surface area contributed by atoms with Crippen LogP contribution in [-0.2, 0) is 0 Å². The van der Waals surface area contributed by atoms with E-state index in [1.165, 1.54) is 35.6 Å². The van der Waals surface area contributed by atoms with Gasteiger partial charge in [-0.15, -0.1) is 0 Å². The summed E-state index contributed by atoms with van der Waals surface area (Å²) >= 11 is 0. The van der Waals surface area contributed by atoms with Crippen molar-refractivity contribution in [2.45, 2.75) is 32.1 Å². The van der Waals surface area contributed by atoms with Crippen LogP contribution < -0.4 is 5.32 Å². The van der Waals surface area contributed by atoms with Crippen molar-refractivity contribution in [1.82, 2.24) is 10.3 Å². The summed E-state index contributed by atoms with van der Waals surface area (Å²) < 4.78 is 0. The Morgan fingerprint density at radius 2 is 2.11 bits per heavy atom. The Morgan fingerprint density at radius 1 is 1.21 bits per heavy atom. The van der Waals surface area contributed by atoms with Crippen molar-refractivity contribution >= 4 is 10.8 Å². The number of rotatable bonds is 4. The van der Waals surface area contributed by atoms with Crippen molar-refractivity contribution < 1.29 is 0 Å². The Hall–Kier alpha value is -1.41. The van der Waals surface area contributed by atoms with Crippen LogP contribution in [0.2, 0.25) is 0 Å². The van der Waals surface area contributed by atoms with Crippen molar-refractivity contribution in [3.63, 3.8) is 0 Å². The van der Waals surface area contributed by atoms with Crippen LogP contribution in [0.5, 0.6) is 0 Å². The topological polar surface area (TPSA) is 24.9 Å². The molecule has 2 heteroatoms. The van der Waals surface area contributed by atoms with E-state index in [4.69, 9.17) is 0 Å². The minimum Gasteiger partial charge on any atom is -0.317 e. The van der Waals surface area contributed by atoms with E-state index in [1.54, 1.807) is 0 Å². The van der Waals surface area contributed by atoms with Crippen LogP contribution in [0.15, 0.2) is 36.7 Å². The van der Waals surface area contributed by atoms with E-state index in [9.17, 15) is 0 Å². The summed E-state index contributed by atoms with van der Waals surface area (Å²) in [6.45, 7) is 4.39. The molecule has 1 N–H and O–H groups in total. The molecule has 19 heavy (non-hydrogen) atoms. The third-order valence-electron chi connectivity index (χ3n) is 4.41. The minimum atomic E-state index is 0.678. The predicted octanol–water partition coefficient (Wildman–Crippen LogP) is 3.73. The average Bonchev–Trinajstić information content (AvgIpc) is 2.92. The zero-order valence-corrected chi connectivity index (χ0v) is 11.6. The molecule has 0 aliphatic heterocycles. The standard InChI is InChI=1S/C17H22N2/c1-2-18-10-14-7-5-9-16(14)17-12-19-11-13-6-3-4-8-15(13)17/h3-4,6,8,11-12,14,16,18H,2,5,7,9-10H2,1H3. The molecule has 2 nitrogen and oxygen atoms in total. The summed E-state index contributed by atoms with van der Waals surface area (Å²) in [4.78, 5) is 4.45. The number of nitrogens with zero attached hydrogens (tertiary/aromatic N) is 1. The van der Waals surface area contributed by atoms with Crippen LogP contribution >= 0.6 is 0 Å². The van der Waals surface area contributed by atoms with Crippen molar-refractivity contribution in [2.24, 2.45) is 5.92 Å². The molecule has 3 rings (SSSR count). The largest absolute Gasteiger partial charge is 0.317 e. The maximum Gasteiger partial charge on any atom is 0.0346 e.